The van der Waals surface area contributed by atoms with Crippen molar-refractivity contribution in [1.82, 2.24) is 5.32 Å². The van der Waals surface area contributed by atoms with E-state index in [1.165, 1.54) is 13.8 Å². The molecule has 3 nitrogen and oxygen atoms in total. The molecule has 3 N–H and O–H groups in total. The number of aliphatic hydroxyl groups excluding tert-OH is 1. The van der Waals surface area contributed by atoms with Gasteiger partial charge in [0.15, 0.2) is 6.10 Å². The summed E-state index contributed by atoms with van der Waals surface area (Å²) in [6.07, 6.45) is -6.98. The Kier molecular flexibility index (Phi) is 4.15. The van der Waals surface area contributed by atoms with Gasteiger partial charge in [0.1, 0.15) is 0 Å². The van der Waals surface area contributed by atoms with E-state index in [0.717, 1.165) is 0 Å². The molecular formula is C7H14F3NO2. The van der Waals surface area contributed by atoms with E-state index in [-0.39, 0.29) is 6.54 Å². The number of hydrogen-bond donors (Lipinski definition) is 3. The summed E-state index contributed by atoms with van der Waals surface area (Å²) in [6, 6.07) is 0. The van der Waals surface area contributed by atoms with Crippen molar-refractivity contribution >= 4 is 0 Å². The minimum atomic E-state index is -4.60. The van der Waals surface area contributed by atoms with Crippen molar-refractivity contribution in [3.05, 3.63) is 0 Å². The summed E-state index contributed by atoms with van der Waals surface area (Å²) in [4.78, 5) is 0. The predicted molar refractivity (Wildman–Crippen MR) is 41.2 cm³/mol. The van der Waals surface area contributed by atoms with Crippen LogP contribution >= 0.6 is 0 Å². The summed E-state index contributed by atoms with van der Waals surface area (Å²) in [6.45, 7) is 2.31. The Morgan fingerprint density at radius 3 is 2.08 bits per heavy atom. The summed E-state index contributed by atoms with van der Waals surface area (Å²) >= 11 is 0. The van der Waals surface area contributed by atoms with Crippen LogP contribution < -0.4 is 5.32 Å². The Hall–Kier alpha value is -0.330. The second-order valence-electron chi connectivity index (χ2n) is 3.50. The summed E-state index contributed by atoms with van der Waals surface area (Å²) in [5.41, 5.74) is -1.08. The molecule has 13 heavy (non-hydrogen) atoms. The molecule has 0 aromatic rings. The first-order valence-corrected chi connectivity index (χ1v) is 3.81. The van der Waals surface area contributed by atoms with E-state index in [1.807, 2.05) is 0 Å². The molecule has 1 atom stereocenters. The fraction of sp³-hybridized carbons (Fsp3) is 1.00. The molecule has 0 spiro atoms. The molecule has 0 heterocycles. The van der Waals surface area contributed by atoms with Crippen LogP contribution in [0, 0.1) is 0 Å². The monoisotopic (exact) mass is 201 g/mol. The van der Waals surface area contributed by atoms with Crippen LogP contribution in [0.25, 0.3) is 0 Å². The number of alkyl halides is 3. The molecule has 0 aliphatic carbocycles. The minimum absolute atomic E-state index is 0.000139. The Morgan fingerprint density at radius 1 is 1.31 bits per heavy atom. The summed E-state index contributed by atoms with van der Waals surface area (Å²) in [7, 11) is 0. The van der Waals surface area contributed by atoms with Crippen LogP contribution in [0.3, 0.4) is 0 Å². The van der Waals surface area contributed by atoms with Gasteiger partial charge in [0.25, 0.3) is 0 Å². The highest BCUT2D eigenvalue weighted by atomic mass is 19.4. The van der Waals surface area contributed by atoms with Crippen molar-refractivity contribution in [2.45, 2.75) is 31.7 Å². The van der Waals surface area contributed by atoms with Crippen LogP contribution in [0.2, 0.25) is 0 Å². The molecule has 0 saturated carbocycles. The number of hydrogen-bond acceptors (Lipinski definition) is 3. The van der Waals surface area contributed by atoms with E-state index < -0.39 is 24.4 Å². The molecule has 6 heteroatoms. The van der Waals surface area contributed by atoms with E-state index in [4.69, 9.17) is 10.2 Å². The fourth-order valence-corrected chi connectivity index (χ4v) is 0.631. The largest absolute Gasteiger partial charge is 0.415 e. The minimum Gasteiger partial charge on any atom is -0.389 e. The van der Waals surface area contributed by atoms with E-state index in [1.54, 1.807) is 0 Å². The maximum Gasteiger partial charge on any atom is 0.415 e. The third-order valence-corrected chi connectivity index (χ3v) is 1.27. The van der Waals surface area contributed by atoms with Gasteiger partial charge in [-0.15, -0.1) is 0 Å². The van der Waals surface area contributed by atoms with Gasteiger partial charge in [-0.1, -0.05) is 0 Å². The molecular weight excluding hydrogens is 187 g/mol. The maximum atomic E-state index is 11.7. The molecule has 0 aromatic carbocycles. The van der Waals surface area contributed by atoms with E-state index in [2.05, 4.69) is 5.32 Å². The van der Waals surface area contributed by atoms with Gasteiger partial charge in [-0.3, -0.25) is 0 Å². The molecule has 0 aliphatic rings. The maximum absolute atomic E-state index is 11.7. The van der Waals surface area contributed by atoms with Crippen LogP contribution in [0.5, 0.6) is 0 Å². The van der Waals surface area contributed by atoms with Gasteiger partial charge in [-0.25, -0.2) is 0 Å². The van der Waals surface area contributed by atoms with E-state index in [0.29, 0.717) is 0 Å². The lowest BCUT2D eigenvalue weighted by molar-refractivity contribution is -0.202. The van der Waals surface area contributed by atoms with Crippen molar-refractivity contribution in [2.75, 3.05) is 13.1 Å². The molecule has 0 amide bonds. The Labute approximate surface area is 74.6 Å². The van der Waals surface area contributed by atoms with Crippen LogP contribution in [0.15, 0.2) is 0 Å². The number of nitrogens with one attached hydrogen (secondary N) is 1. The normalized spacial score (nSPS) is 15.9. The fourth-order valence-electron chi connectivity index (χ4n) is 0.631. The van der Waals surface area contributed by atoms with Gasteiger partial charge in [0, 0.05) is 13.1 Å². The van der Waals surface area contributed by atoms with Crippen molar-refractivity contribution in [1.29, 1.82) is 0 Å². The molecule has 0 bridgehead atoms. The number of aliphatic hydroxyl groups is 2. The Morgan fingerprint density at radius 2 is 1.77 bits per heavy atom. The molecule has 0 aliphatic heterocycles. The second kappa shape index (κ2) is 4.26. The molecule has 0 fully saturated rings. The zero-order valence-electron chi connectivity index (χ0n) is 7.52. The zero-order valence-corrected chi connectivity index (χ0v) is 7.52. The predicted octanol–water partition coefficient (Wildman–Crippen LogP) is 0.270. The quantitative estimate of drug-likeness (QED) is 0.612. The average molecular weight is 201 g/mol. The van der Waals surface area contributed by atoms with Gasteiger partial charge in [-0.05, 0) is 13.8 Å². The van der Waals surface area contributed by atoms with Crippen molar-refractivity contribution in [3.63, 3.8) is 0 Å². The van der Waals surface area contributed by atoms with Crippen LogP contribution in [0.4, 0.5) is 13.2 Å². The lowest BCUT2D eigenvalue weighted by atomic mass is 10.1. The lowest BCUT2D eigenvalue weighted by Gasteiger charge is -2.20. The highest BCUT2D eigenvalue weighted by molar-refractivity contribution is 4.73. The van der Waals surface area contributed by atoms with Crippen molar-refractivity contribution < 1.29 is 23.4 Å². The molecule has 1 unspecified atom stereocenters. The van der Waals surface area contributed by atoms with Crippen LogP contribution in [-0.4, -0.2) is 41.2 Å². The second-order valence-corrected chi connectivity index (χ2v) is 3.50. The molecule has 0 radical (unpaired) electrons. The third-order valence-electron chi connectivity index (χ3n) is 1.27. The highest BCUT2D eigenvalue weighted by Crippen LogP contribution is 2.19. The topological polar surface area (TPSA) is 52.5 Å². The molecule has 0 saturated heterocycles. The first kappa shape index (κ1) is 12.7. The molecule has 0 rings (SSSR count). The van der Waals surface area contributed by atoms with Crippen molar-refractivity contribution in [2.24, 2.45) is 0 Å². The van der Waals surface area contributed by atoms with Gasteiger partial charge >= 0.3 is 6.18 Å². The van der Waals surface area contributed by atoms with Crippen molar-refractivity contribution in [3.8, 4) is 0 Å². The first-order valence-electron chi connectivity index (χ1n) is 3.81. The highest BCUT2D eigenvalue weighted by Gasteiger charge is 2.37. The Balaban J connectivity index is 3.67. The van der Waals surface area contributed by atoms with Gasteiger partial charge < -0.3 is 15.5 Å². The van der Waals surface area contributed by atoms with Gasteiger partial charge in [0.2, 0.25) is 0 Å². The average Bonchev–Trinajstić information content (AvgIpc) is 1.82. The smallest absolute Gasteiger partial charge is 0.389 e. The summed E-state index contributed by atoms with van der Waals surface area (Å²) in [5, 5.41) is 19.9. The first-order chi connectivity index (χ1) is 5.63. The molecule has 80 valence electrons. The summed E-state index contributed by atoms with van der Waals surface area (Å²) in [5.74, 6) is 0. The molecule has 0 aromatic heterocycles. The Bertz CT molecular complexity index is 153. The van der Waals surface area contributed by atoms with Gasteiger partial charge in [0.05, 0.1) is 5.60 Å². The number of halogens is 3. The van der Waals surface area contributed by atoms with Crippen LogP contribution in [0.1, 0.15) is 13.8 Å². The van der Waals surface area contributed by atoms with E-state index >= 15 is 0 Å². The lowest BCUT2D eigenvalue weighted by Crippen LogP contribution is -2.43. The standard InChI is InChI=1S/C7H14F3NO2/c1-6(2,13)4-11-3-5(12)7(8,9)10/h5,11-13H,3-4H2,1-2H3. The number of rotatable bonds is 4. The van der Waals surface area contributed by atoms with Gasteiger partial charge in [-0.2, -0.15) is 13.2 Å². The zero-order chi connectivity index (χ0) is 10.7. The van der Waals surface area contributed by atoms with E-state index in [9.17, 15) is 13.2 Å². The van der Waals surface area contributed by atoms with Crippen LogP contribution in [-0.2, 0) is 0 Å². The third kappa shape index (κ3) is 6.80. The SMILES string of the molecule is CC(C)(O)CNCC(O)C(F)(F)F. The summed E-state index contributed by atoms with van der Waals surface area (Å²) < 4.78 is 35.1.